The van der Waals surface area contributed by atoms with Crippen molar-refractivity contribution in [1.82, 2.24) is 15.3 Å². The van der Waals surface area contributed by atoms with Crippen molar-refractivity contribution < 1.29 is 0 Å². The van der Waals surface area contributed by atoms with Crippen LogP contribution in [0.5, 0.6) is 0 Å². The summed E-state index contributed by atoms with van der Waals surface area (Å²) in [6.07, 6.45) is 5.33. The van der Waals surface area contributed by atoms with Gasteiger partial charge in [0.05, 0.1) is 6.04 Å². The van der Waals surface area contributed by atoms with Crippen molar-refractivity contribution in [2.75, 3.05) is 6.54 Å². The van der Waals surface area contributed by atoms with Crippen LogP contribution in [0.4, 0.5) is 0 Å². The van der Waals surface area contributed by atoms with E-state index in [1.807, 2.05) is 12.3 Å². The SMILES string of the molecule is Cl.c1ccc(Cc2cnc([C@@H]3CCCN3)[nH]2)cc1. The number of H-pyrrole nitrogens is 1. The molecule has 1 aliphatic rings. The predicted molar refractivity (Wildman–Crippen MR) is 75.1 cm³/mol. The Kier molecular flexibility index (Phi) is 4.39. The second-order valence-corrected chi connectivity index (χ2v) is 4.60. The summed E-state index contributed by atoms with van der Waals surface area (Å²) < 4.78 is 0. The Morgan fingerprint density at radius 2 is 2.06 bits per heavy atom. The molecule has 3 rings (SSSR count). The minimum Gasteiger partial charge on any atom is -0.344 e. The van der Waals surface area contributed by atoms with Crippen LogP contribution < -0.4 is 5.32 Å². The molecule has 0 radical (unpaired) electrons. The lowest BCUT2D eigenvalue weighted by molar-refractivity contribution is 0.611. The molecule has 2 aromatic rings. The van der Waals surface area contributed by atoms with Crippen LogP contribution in [0.3, 0.4) is 0 Å². The van der Waals surface area contributed by atoms with Gasteiger partial charge in [0.1, 0.15) is 5.82 Å². The second-order valence-electron chi connectivity index (χ2n) is 4.60. The van der Waals surface area contributed by atoms with Crippen LogP contribution in [0.25, 0.3) is 0 Å². The van der Waals surface area contributed by atoms with Crippen LogP contribution in [0.1, 0.15) is 36.0 Å². The van der Waals surface area contributed by atoms with Crippen LogP contribution in [0, 0.1) is 0 Å². The third-order valence-electron chi connectivity index (χ3n) is 3.28. The number of nitrogens with one attached hydrogen (secondary N) is 2. The molecule has 2 heterocycles. The summed E-state index contributed by atoms with van der Waals surface area (Å²) in [6, 6.07) is 10.9. The molecule has 1 aromatic carbocycles. The minimum atomic E-state index is 0. The highest BCUT2D eigenvalue weighted by atomic mass is 35.5. The van der Waals surface area contributed by atoms with Crippen LogP contribution in [0.2, 0.25) is 0 Å². The fraction of sp³-hybridized carbons (Fsp3) is 0.357. The third-order valence-corrected chi connectivity index (χ3v) is 3.28. The molecule has 4 heteroatoms. The summed E-state index contributed by atoms with van der Waals surface area (Å²) >= 11 is 0. The van der Waals surface area contributed by atoms with E-state index in [2.05, 4.69) is 39.6 Å². The zero-order chi connectivity index (χ0) is 11.5. The van der Waals surface area contributed by atoms with Crippen LogP contribution >= 0.6 is 12.4 Å². The van der Waals surface area contributed by atoms with Gasteiger partial charge in [-0.2, -0.15) is 0 Å². The first-order valence-electron chi connectivity index (χ1n) is 6.23. The average molecular weight is 264 g/mol. The van der Waals surface area contributed by atoms with E-state index in [4.69, 9.17) is 0 Å². The van der Waals surface area contributed by atoms with Gasteiger partial charge in [0.2, 0.25) is 0 Å². The van der Waals surface area contributed by atoms with Gasteiger partial charge in [-0.05, 0) is 24.9 Å². The largest absolute Gasteiger partial charge is 0.344 e. The van der Waals surface area contributed by atoms with Gasteiger partial charge in [-0.3, -0.25) is 0 Å². The van der Waals surface area contributed by atoms with Gasteiger partial charge >= 0.3 is 0 Å². The first-order chi connectivity index (χ1) is 8.42. The van der Waals surface area contributed by atoms with E-state index in [9.17, 15) is 0 Å². The van der Waals surface area contributed by atoms with Crippen LogP contribution in [0.15, 0.2) is 36.5 Å². The molecule has 0 bridgehead atoms. The van der Waals surface area contributed by atoms with Crippen LogP contribution in [-0.4, -0.2) is 16.5 Å². The Hall–Kier alpha value is -1.32. The van der Waals surface area contributed by atoms with E-state index in [1.165, 1.54) is 24.1 Å². The number of hydrogen-bond acceptors (Lipinski definition) is 2. The number of aromatic amines is 1. The van der Waals surface area contributed by atoms with E-state index in [1.54, 1.807) is 0 Å². The summed E-state index contributed by atoms with van der Waals surface area (Å²) in [6.45, 7) is 1.11. The number of halogens is 1. The Balaban J connectivity index is 0.00000120. The van der Waals surface area contributed by atoms with Crippen molar-refractivity contribution in [2.45, 2.75) is 25.3 Å². The normalized spacial score (nSPS) is 18.6. The molecule has 0 spiro atoms. The van der Waals surface area contributed by atoms with E-state index in [0.717, 1.165) is 18.8 Å². The van der Waals surface area contributed by atoms with E-state index < -0.39 is 0 Å². The highest BCUT2D eigenvalue weighted by Crippen LogP contribution is 2.20. The quantitative estimate of drug-likeness (QED) is 0.894. The van der Waals surface area contributed by atoms with Crippen molar-refractivity contribution in [3.05, 3.63) is 53.6 Å². The zero-order valence-corrected chi connectivity index (χ0v) is 11.0. The maximum absolute atomic E-state index is 4.48. The molecule has 0 amide bonds. The number of benzene rings is 1. The monoisotopic (exact) mass is 263 g/mol. The predicted octanol–water partition coefficient (Wildman–Crippen LogP) is 2.85. The summed E-state index contributed by atoms with van der Waals surface area (Å²) in [7, 11) is 0. The summed E-state index contributed by atoms with van der Waals surface area (Å²) in [4.78, 5) is 7.91. The minimum absolute atomic E-state index is 0. The van der Waals surface area contributed by atoms with E-state index >= 15 is 0 Å². The molecule has 0 unspecified atom stereocenters. The molecular weight excluding hydrogens is 246 g/mol. The highest BCUT2D eigenvalue weighted by molar-refractivity contribution is 5.85. The molecule has 0 saturated carbocycles. The molecule has 3 nitrogen and oxygen atoms in total. The Labute approximate surface area is 113 Å². The van der Waals surface area contributed by atoms with Crippen molar-refractivity contribution in [3.63, 3.8) is 0 Å². The van der Waals surface area contributed by atoms with Crippen molar-refractivity contribution >= 4 is 12.4 Å². The Bertz CT molecular complexity index is 475. The molecule has 1 saturated heterocycles. The zero-order valence-electron chi connectivity index (χ0n) is 10.2. The third kappa shape index (κ3) is 2.92. The first kappa shape index (κ1) is 13.1. The maximum atomic E-state index is 4.48. The number of hydrogen-bond donors (Lipinski definition) is 2. The highest BCUT2D eigenvalue weighted by Gasteiger charge is 2.18. The molecule has 1 atom stereocenters. The lowest BCUT2D eigenvalue weighted by Crippen LogP contribution is -2.14. The lowest BCUT2D eigenvalue weighted by Gasteiger charge is -2.05. The molecule has 1 aromatic heterocycles. The van der Waals surface area contributed by atoms with Gasteiger partial charge in [0.25, 0.3) is 0 Å². The van der Waals surface area contributed by atoms with Crippen LogP contribution in [-0.2, 0) is 6.42 Å². The summed E-state index contributed by atoms with van der Waals surface area (Å²) in [5, 5.41) is 3.46. The average Bonchev–Trinajstić information content (AvgIpc) is 3.00. The topological polar surface area (TPSA) is 40.7 Å². The first-order valence-corrected chi connectivity index (χ1v) is 6.23. The molecule has 96 valence electrons. The molecule has 18 heavy (non-hydrogen) atoms. The molecule has 1 aliphatic heterocycles. The molecule has 1 fully saturated rings. The van der Waals surface area contributed by atoms with E-state index in [-0.39, 0.29) is 12.4 Å². The fourth-order valence-corrected chi connectivity index (χ4v) is 2.38. The van der Waals surface area contributed by atoms with Gasteiger partial charge in [-0.15, -0.1) is 12.4 Å². The number of imidazole rings is 1. The van der Waals surface area contributed by atoms with Gasteiger partial charge in [-0.25, -0.2) is 4.98 Å². The molecular formula is C14H18ClN3. The van der Waals surface area contributed by atoms with Crippen molar-refractivity contribution in [2.24, 2.45) is 0 Å². The Morgan fingerprint density at radius 3 is 2.78 bits per heavy atom. The number of aromatic nitrogens is 2. The van der Waals surface area contributed by atoms with Crippen molar-refractivity contribution in [1.29, 1.82) is 0 Å². The fourth-order valence-electron chi connectivity index (χ4n) is 2.38. The maximum Gasteiger partial charge on any atom is 0.123 e. The summed E-state index contributed by atoms with van der Waals surface area (Å²) in [5.41, 5.74) is 2.52. The van der Waals surface area contributed by atoms with E-state index in [0.29, 0.717) is 6.04 Å². The lowest BCUT2D eigenvalue weighted by atomic mass is 10.1. The molecule has 2 N–H and O–H groups in total. The summed E-state index contributed by atoms with van der Waals surface area (Å²) in [5.74, 6) is 1.09. The number of nitrogens with zero attached hydrogens (tertiary/aromatic N) is 1. The Morgan fingerprint density at radius 1 is 1.22 bits per heavy atom. The van der Waals surface area contributed by atoms with Gasteiger partial charge < -0.3 is 10.3 Å². The molecule has 0 aliphatic carbocycles. The smallest absolute Gasteiger partial charge is 0.123 e. The second kappa shape index (κ2) is 6.03. The van der Waals surface area contributed by atoms with Gasteiger partial charge in [-0.1, -0.05) is 30.3 Å². The van der Waals surface area contributed by atoms with Gasteiger partial charge in [0.15, 0.2) is 0 Å². The van der Waals surface area contributed by atoms with Gasteiger partial charge in [0, 0.05) is 18.3 Å². The standard InChI is InChI=1S/C14H17N3.ClH/c1-2-5-11(6-3-1)9-12-10-16-14(17-12)13-7-4-8-15-13;/h1-3,5-6,10,13,15H,4,7-9H2,(H,16,17);1H/t13-;/m0./s1. The number of rotatable bonds is 3. The van der Waals surface area contributed by atoms with Crippen molar-refractivity contribution in [3.8, 4) is 0 Å².